The molecule has 0 fully saturated rings. The summed E-state index contributed by atoms with van der Waals surface area (Å²) in [4.78, 5) is 25.7. The van der Waals surface area contributed by atoms with Gasteiger partial charge >= 0.3 is 0 Å². The molecular weight excluding hydrogens is 314 g/mol. The van der Waals surface area contributed by atoms with E-state index in [0.29, 0.717) is 0 Å². The quantitative estimate of drug-likeness (QED) is 0.836. The van der Waals surface area contributed by atoms with E-state index < -0.39 is 5.91 Å². The van der Waals surface area contributed by atoms with E-state index in [0.717, 1.165) is 5.56 Å². The van der Waals surface area contributed by atoms with Gasteiger partial charge in [0, 0.05) is 9.75 Å². The average Bonchev–Trinajstić information content (AvgIpc) is 3.01. The number of nitrogens with two attached hydrogens (primary N) is 1. The summed E-state index contributed by atoms with van der Waals surface area (Å²) in [5.74, 6) is -0.624. The lowest BCUT2D eigenvalue weighted by Crippen LogP contribution is -2.32. The minimum atomic E-state index is -0.536. The van der Waals surface area contributed by atoms with Crippen molar-refractivity contribution in [2.24, 2.45) is 11.7 Å². The summed E-state index contributed by atoms with van der Waals surface area (Å²) in [6.45, 7) is 8.12. The summed E-state index contributed by atoms with van der Waals surface area (Å²) in [6.07, 6.45) is 1.42. The summed E-state index contributed by atoms with van der Waals surface area (Å²) in [5, 5.41) is 10.5. The highest BCUT2D eigenvalue weighted by atomic mass is 32.1. The highest BCUT2D eigenvalue weighted by Crippen LogP contribution is 2.30. The van der Waals surface area contributed by atoms with Gasteiger partial charge in [0.1, 0.15) is 6.54 Å². The molecule has 8 heteroatoms. The Balaban J connectivity index is 2.17. The van der Waals surface area contributed by atoms with E-state index in [1.54, 1.807) is 11.3 Å². The van der Waals surface area contributed by atoms with Gasteiger partial charge in [-0.15, -0.1) is 16.4 Å². The third-order valence-electron chi connectivity index (χ3n) is 3.46. The summed E-state index contributed by atoms with van der Waals surface area (Å²) < 4.78 is 1.25. The first-order valence-corrected chi connectivity index (χ1v) is 8.15. The molecule has 0 radical (unpaired) electrons. The van der Waals surface area contributed by atoms with E-state index >= 15 is 0 Å². The zero-order chi connectivity index (χ0) is 17.1. The number of primary amides is 1. The van der Waals surface area contributed by atoms with E-state index in [1.165, 1.54) is 20.6 Å². The number of carbonyl (C=O) groups excluding carboxylic acids is 2. The Hall–Kier alpha value is -2.22. The number of thiophene rings is 1. The van der Waals surface area contributed by atoms with Crippen LogP contribution in [0.15, 0.2) is 12.3 Å². The molecule has 7 nitrogen and oxygen atoms in total. The molecule has 2 heterocycles. The predicted molar refractivity (Wildman–Crippen MR) is 88.1 cm³/mol. The van der Waals surface area contributed by atoms with Crippen molar-refractivity contribution in [1.29, 1.82) is 0 Å². The highest BCUT2D eigenvalue weighted by Gasteiger charge is 2.23. The molecule has 0 spiro atoms. The van der Waals surface area contributed by atoms with Crippen molar-refractivity contribution in [3.8, 4) is 0 Å². The zero-order valence-corrected chi connectivity index (χ0v) is 14.5. The first kappa shape index (κ1) is 17.1. The summed E-state index contributed by atoms with van der Waals surface area (Å²) in [6, 6.07) is 2.00. The van der Waals surface area contributed by atoms with E-state index in [-0.39, 0.29) is 30.1 Å². The lowest BCUT2D eigenvalue weighted by molar-refractivity contribution is -0.118. The zero-order valence-electron chi connectivity index (χ0n) is 13.7. The van der Waals surface area contributed by atoms with Crippen LogP contribution in [0.4, 0.5) is 0 Å². The van der Waals surface area contributed by atoms with Crippen LogP contribution in [0.3, 0.4) is 0 Å². The van der Waals surface area contributed by atoms with E-state index in [2.05, 4.69) is 49.4 Å². The van der Waals surface area contributed by atoms with Crippen molar-refractivity contribution in [1.82, 2.24) is 20.3 Å². The lowest BCUT2D eigenvalue weighted by Gasteiger charge is -2.22. The van der Waals surface area contributed by atoms with Crippen molar-refractivity contribution < 1.29 is 9.59 Å². The number of carbonyl (C=O) groups is 2. The van der Waals surface area contributed by atoms with Crippen molar-refractivity contribution >= 4 is 23.2 Å². The largest absolute Gasteiger partial charge is 0.368 e. The van der Waals surface area contributed by atoms with Gasteiger partial charge < -0.3 is 11.1 Å². The molecule has 0 saturated carbocycles. The molecule has 23 heavy (non-hydrogen) atoms. The Morgan fingerprint density at radius 1 is 1.39 bits per heavy atom. The summed E-state index contributed by atoms with van der Waals surface area (Å²) in [5.41, 5.74) is 6.39. The number of aryl methyl sites for hydroxylation is 2. The molecule has 0 unspecified atom stereocenters. The first-order chi connectivity index (χ1) is 10.8. The number of rotatable bonds is 6. The predicted octanol–water partition coefficient (Wildman–Crippen LogP) is 1.57. The van der Waals surface area contributed by atoms with Crippen LogP contribution in [-0.4, -0.2) is 26.8 Å². The van der Waals surface area contributed by atoms with Crippen LogP contribution in [0, 0.1) is 19.8 Å². The topological polar surface area (TPSA) is 103 Å². The third-order valence-corrected chi connectivity index (χ3v) is 4.44. The van der Waals surface area contributed by atoms with Crippen molar-refractivity contribution in [2.75, 3.05) is 0 Å². The van der Waals surface area contributed by atoms with Crippen LogP contribution in [0.2, 0.25) is 0 Å². The fraction of sp³-hybridized carbons (Fsp3) is 0.467. The number of nitrogens with one attached hydrogen (secondary N) is 1. The number of nitrogens with zero attached hydrogens (tertiary/aromatic N) is 3. The molecule has 0 aliphatic heterocycles. The van der Waals surface area contributed by atoms with Gasteiger partial charge in [-0.2, -0.15) is 0 Å². The maximum Gasteiger partial charge on any atom is 0.273 e. The molecule has 3 N–H and O–H groups in total. The smallest absolute Gasteiger partial charge is 0.273 e. The number of aromatic nitrogens is 3. The van der Waals surface area contributed by atoms with E-state index in [1.807, 2.05) is 0 Å². The molecule has 2 aromatic rings. The molecule has 2 amide bonds. The second-order valence-electron chi connectivity index (χ2n) is 5.83. The molecule has 1 atom stereocenters. The van der Waals surface area contributed by atoms with Gasteiger partial charge in [-0.25, -0.2) is 4.68 Å². The second kappa shape index (κ2) is 6.91. The minimum Gasteiger partial charge on any atom is -0.368 e. The number of amides is 2. The molecule has 2 rings (SSSR count). The highest BCUT2D eigenvalue weighted by molar-refractivity contribution is 7.12. The van der Waals surface area contributed by atoms with Crippen LogP contribution in [0.5, 0.6) is 0 Å². The van der Waals surface area contributed by atoms with E-state index in [4.69, 9.17) is 5.73 Å². The molecule has 2 aromatic heterocycles. The van der Waals surface area contributed by atoms with Crippen LogP contribution < -0.4 is 11.1 Å². The molecule has 0 aliphatic carbocycles. The Kier molecular flexibility index (Phi) is 5.15. The average molecular weight is 335 g/mol. The fourth-order valence-corrected chi connectivity index (χ4v) is 3.39. The third kappa shape index (κ3) is 4.16. The monoisotopic (exact) mass is 335 g/mol. The summed E-state index contributed by atoms with van der Waals surface area (Å²) >= 11 is 1.71. The van der Waals surface area contributed by atoms with Gasteiger partial charge in [-0.05, 0) is 31.4 Å². The maximum absolute atomic E-state index is 12.4. The fourth-order valence-electron chi connectivity index (χ4n) is 2.42. The summed E-state index contributed by atoms with van der Waals surface area (Å²) in [7, 11) is 0. The molecular formula is C15H21N5O2S. The molecule has 0 aromatic carbocycles. The van der Waals surface area contributed by atoms with Gasteiger partial charge in [0.25, 0.3) is 5.91 Å². The lowest BCUT2D eigenvalue weighted by atomic mass is 9.96. The Bertz CT molecular complexity index is 719. The number of hydrogen-bond acceptors (Lipinski definition) is 5. The van der Waals surface area contributed by atoms with Gasteiger partial charge in [-0.1, -0.05) is 19.1 Å². The molecule has 124 valence electrons. The standard InChI is InChI=1S/C15H21N5O2S/c1-8(2)14(11-5-9(3)23-10(11)4)17-15(22)12-6-20(19-18-12)7-13(16)21/h5-6,8,14H,7H2,1-4H3,(H2,16,21)(H,17,22)/t14-/m0/s1. The number of hydrogen-bond donors (Lipinski definition) is 2. The first-order valence-electron chi connectivity index (χ1n) is 7.34. The maximum atomic E-state index is 12.4. The molecule has 0 bridgehead atoms. The van der Waals surface area contributed by atoms with Gasteiger partial charge in [0.15, 0.2) is 5.69 Å². The van der Waals surface area contributed by atoms with Crippen molar-refractivity contribution in [3.05, 3.63) is 33.3 Å². The van der Waals surface area contributed by atoms with Crippen LogP contribution in [-0.2, 0) is 11.3 Å². The van der Waals surface area contributed by atoms with Gasteiger partial charge in [0.05, 0.1) is 12.2 Å². The van der Waals surface area contributed by atoms with E-state index in [9.17, 15) is 9.59 Å². The normalized spacial score (nSPS) is 12.4. The van der Waals surface area contributed by atoms with Crippen LogP contribution >= 0.6 is 11.3 Å². The molecule has 0 saturated heterocycles. The van der Waals surface area contributed by atoms with Crippen LogP contribution in [0.25, 0.3) is 0 Å². The van der Waals surface area contributed by atoms with Gasteiger partial charge in [0.2, 0.25) is 5.91 Å². The Morgan fingerprint density at radius 3 is 2.61 bits per heavy atom. The van der Waals surface area contributed by atoms with Crippen LogP contribution in [0.1, 0.15) is 45.7 Å². The minimum absolute atomic E-state index is 0.100. The van der Waals surface area contributed by atoms with Crippen molar-refractivity contribution in [2.45, 2.75) is 40.3 Å². The SMILES string of the molecule is Cc1cc([C@@H](NC(=O)c2cn(CC(N)=O)nn2)C(C)C)c(C)s1. The van der Waals surface area contributed by atoms with Crippen molar-refractivity contribution in [3.63, 3.8) is 0 Å². The Labute approximate surface area is 138 Å². The second-order valence-corrected chi connectivity index (χ2v) is 7.29. The molecule has 0 aliphatic rings. The Morgan fingerprint density at radius 2 is 2.09 bits per heavy atom. The van der Waals surface area contributed by atoms with Gasteiger partial charge in [-0.3, -0.25) is 9.59 Å².